The molecule has 0 aliphatic rings. The molecule has 6 heteroatoms. The molecule has 0 atom stereocenters. The molecule has 0 radical (unpaired) electrons. The van der Waals surface area contributed by atoms with Crippen LogP contribution in [-0.2, 0) is 15.0 Å². The van der Waals surface area contributed by atoms with Crippen molar-refractivity contribution in [2.45, 2.75) is 52.9 Å². The van der Waals surface area contributed by atoms with Crippen LogP contribution in [0.1, 0.15) is 53.0 Å². The Morgan fingerprint density at radius 2 is 1.32 bits per heavy atom. The fourth-order valence-corrected chi connectivity index (χ4v) is 1.12. The second-order valence-electron chi connectivity index (χ2n) is 5.45. The van der Waals surface area contributed by atoms with Gasteiger partial charge in [-0.1, -0.05) is 34.6 Å². The van der Waals surface area contributed by atoms with Gasteiger partial charge in [0.05, 0.1) is 0 Å². The van der Waals surface area contributed by atoms with Crippen molar-refractivity contribution in [2.24, 2.45) is 0 Å². The Morgan fingerprint density at radius 3 is 1.55 bits per heavy atom. The summed E-state index contributed by atoms with van der Waals surface area (Å²) in [6.07, 6.45) is 0.444. The minimum absolute atomic E-state index is 0.136. The lowest BCUT2D eigenvalue weighted by Gasteiger charge is -2.20. The van der Waals surface area contributed by atoms with E-state index in [1.165, 1.54) is 12.1 Å². The fourth-order valence-electron chi connectivity index (χ4n) is 1.12. The number of hydrogen-bond donors (Lipinski definition) is 4. The molecule has 0 saturated carbocycles. The van der Waals surface area contributed by atoms with Gasteiger partial charge in [0.2, 0.25) is 0 Å². The van der Waals surface area contributed by atoms with Gasteiger partial charge in [-0.25, -0.2) is 0 Å². The maximum atomic E-state index is 9.46. The Balaban J connectivity index is 0. The average Bonchev–Trinajstić information content (AvgIpc) is 2.41. The molecule has 0 aliphatic heterocycles. The van der Waals surface area contributed by atoms with Crippen molar-refractivity contribution in [3.05, 3.63) is 23.8 Å². The van der Waals surface area contributed by atoms with E-state index in [1.54, 1.807) is 19.9 Å². The van der Waals surface area contributed by atoms with Gasteiger partial charge in [-0.3, -0.25) is 9.59 Å². The molecule has 0 amide bonds. The Labute approximate surface area is 131 Å². The van der Waals surface area contributed by atoms with Crippen LogP contribution in [0.4, 0.5) is 0 Å². The second kappa shape index (κ2) is 10.5. The van der Waals surface area contributed by atoms with Gasteiger partial charge in [-0.2, -0.15) is 0 Å². The number of aromatic hydroxyl groups is 2. The summed E-state index contributed by atoms with van der Waals surface area (Å²) in [5, 5.41) is 34.1. The molecule has 22 heavy (non-hydrogen) atoms. The Hall–Kier alpha value is -2.24. The van der Waals surface area contributed by atoms with Crippen molar-refractivity contribution in [3.8, 4) is 11.5 Å². The SMILES string of the molecule is CC(C)(C)c1cc(O)ccc1O.CCC(=O)O.CCC(=O)O. The van der Waals surface area contributed by atoms with Crippen molar-refractivity contribution < 1.29 is 30.0 Å². The first-order valence-corrected chi connectivity index (χ1v) is 6.91. The molecule has 0 unspecified atom stereocenters. The number of hydrogen-bond acceptors (Lipinski definition) is 4. The van der Waals surface area contributed by atoms with Gasteiger partial charge in [0.25, 0.3) is 0 Å². The monoisotopic (exact) mass is 314 g/mol. The summed E-state index contributed by atoms with van der Waals surface area (Å²) in [5.74, 6) is -1.06. The number of rotatable bonds is 2. The zero-order chi connectivity index (χ0) is 17.9. The minimum Gasteiger partial charge on any atom is -0.508 e. The van der Waals surface area contributed by atoms with Crippen LogP contribution in [0.15, 0.2) is 18.2 Å². The van der Waals surface area contributed by atoms with Crippen LogP contribution < -0.4 is 0 Å². The molecule has 1 aromatic rings. The van der Waals surface area contributed by atoms with E-state index in [4.69, 9.17) is 10.2 Å². The smallest absolute Gasteiger partial charge is 0.303 e. The molecule has 0 aromatic heterocycles. The summed E-state index contributed by atoms with van der Waals surface area (Å²) < 4.78 is 0. The molecule has 0 spiro atoms. The van der Waals surface area contributed by atoms with Gasteiger partial charge in [-0.15, -0.1) is 0 Å². The van der Waals surface area contributed by atoms with Crippen LogP contribution in [0.5, 0.6) is 11.5 Å². The van der Waals surface area contributed by atoms with E-state index in [0.717, 1.165) is 5.56 Å². The molecular formula is C16H26O6. The third kappa shape index (κ3) is 11.6. The molecule has 0 saturated heterocycles. The highest BCUT2D eigenvalue weighted by molar-refractivity contribution is 5.66. The summed E-state index contributed by atoms with van der Waals surface area (Å²) in [4.78, 5) is 18.7. The molecular weight excluding hydrogens is 288 g/mol. The number of carboxylic acid groups (broad SMARTS) is 2. The molecule has 0 aliphatic carbocycles. The van der Waals surface area contributed by atoms with Crippen molar-refractivity contribution >= 4 is 11.9 Å². The molecule has 1 aromatic carbocycles. The number of carbonyl (C=O) groups is 2. The van der Waals surface area contributed by atoms with Crippen LogP contribution in [0.3, 0.4) is 0 Å². The van der Waals surface area contributed by atoms with Gasteiger partial charge in [-0.05, 0) is 23.6 Å². The molecule has 126 valence electrons. The van der Waals surface area contributed by atoms with Crippen LogP contribution in [0.2, 0.25) is 0 Å². The quantitative estimate of drug-likeness (QED) is 0.622. The van der Waals surface area contributed by atoms with Crippen molar-refractivity contribution in [2.75, 3.05) is 0 Å². The van der Waals surface area contributed by atoms with Crippen LogP contribution >= 0.6 is 0 Å². The topological polar surface area (TPSA) is 115 Å². The van der Waals surface area contributed by atoms with Gasteiger partial charge in [0.1, 0.15) is 11.5 Å². The standard InChI is InChI=1S/C10H14O2.2C3H6O2/c1-10(2,3)8-6-7(11)4-5-9(8)12;2*1-2-3(4)5/h4-6,11-12H,1-3H3;2*2H2,1H3,(H,4,5). The third-order valence-corrected chi connectivity index (χ3v) is 2.39. The highest BCUT2D eigenvalue weighted by Gasteiger charge is 2.17. The Bertz CT molecular complexity index is 460. The predicted octanol–water partition coefficient (Wildman–Crippen LogP) is 3.36. The highest BCUT2D eigenvalue weighted by atomic mass is 16.4. The first kappa shape index (κ1) is 22.0. The molecule has 4 N–H and O–H groups in total. The van der Waals surface area contributed by atoms with E-state index < -0.39 is 11.9 Å². The lowest BCUT2D eigenvalue weighted by Crippen LogP contribution is -2.10. The first-order chi connectivity index (χ1) is 9.95. The van der Waals surface area contributed by atoms with E-state index in [9.17, 15) is 19.8 Å². The number of phenols is 2. The zero-order valence-electron chi connectivity index (χ0n) is 13.8. The fraction of sp³-hybridized carbons (Fsp3) is 0.500. The Kier molecular flexibility index (Phi) is 10.5. The minimum atomic E-state index is -0.745. The number of phenolic OH excluding ortho intramolecular Hbond substituents is 2. The van der Waals surface area contributed by atoms with Crippen molar-refractivity contribution in [1.29, 1.82) is 0 Å². The van der Waals surface area contributed by atoms with E-state index >= 15 is 0 Å². The lowest BCUT2D eigenvalue weighted by atomic mass is 9.86. The Morgan fingerprint density at radius 1 is 0.955 bits per heavy atom. The van der Waals surface area contributed by atoms with Crippen LogP contribution in [0, 0.1) is 0 Å². The second-order valence-corrected chi connectivity index (χ2v) is 5.45. The van der Waals surface area contributed by atoms with Gasteiger partial charge in [0.15, 0.2) is 0 Å². The van der Waals surface area contributed by atoms with Crippen LogP contribution in [0.25, 0.3) is 0 Å². The van der Waals surface area contributed by atoms with E-state index in [-0.39, 0.29) is 29.8 Å². The highest BCUT2D eigenvalue weighted by Crippen LogP contribution is 2.32. The summed E-state index contributed by atoms with van der Waals surface area (Å²) >= 11 is 0. The number of benzene rings is 1. The van der Waals surface area contributed by atoms with Crippen molar-refractivity contribution in [3.63, 3.8) is 0 Å². The molecule has 1 rings (SSSR count). The summed E-state index contributed by atoms with van der Waals surface area (Å²) in [7, 11) is 0. The van der Waals surface area contributed by atoms with E-state index in [0.29, 0.717) is 0 Å². The molecule has 0 bridgehead atoms. The predicted molar refractivity (Wildman–Crippen MR) is 84.3 cm³/mol. The lowest BCUT2D eigenvalue weighted by molar-refractivity contribution is -0.137. The largest absolute Gasteiger partial charge is 0.508 e. The van der Waals surface area contributed by atoms with E-state index in [1.807, 2.05) is 20.8 Å². The van der Waals surface area contributed by atoms with Crippen LogP contribution in [-0.4, -0.2) is 32.4 Å². The maximum absolute atomic E-state index is 9.46. The summed E-state index contributed by atoms with van der Waals surface area (Å²) in [5.41, 5.74) is 0.630. The average molecular weight is 314 g/mol. The molecule has 0 fully saturated rings. The molecule has 0 heterocycles. The third-order valence-electron chi connectivity index (χ3n) is 2.39. The van der Waals surface area contributed by atoms with Gasteiger partial charge < -0.3 is 20.4 Å². The summed E-state index contributed by atoms with van der Waals surface area (Å²) in [6.45, 7) is 9.16. The van der Waals surface area contributed by atoms with E-state index in [2.05, 4.69) is 0 Å². The number of carboxylic acids is 2. The normalized spacial score (nSPS) is 9.68. The van der Waals surface area contributed by atoms with Crippen molar-refractivity contribution in [1.82, 2.24) is 0 Å². The van der Waals surface area contributed by atoms with Gasteiger partial charge in [0, 0.05) is 18.4 Å². The first-order valence-electron chi connectivity index (χ1n) is 6.91. The zero-order valence-corrected chi connectivity index (χ0v) is 13.8. The molecule has 6 nitrogen and oxygen atoms in total. The number of aliphatic carboxylic acids is 2. The van der Waals surface area contributed by atoms with Gasteiger partial charge >= 0.3 is 11.9 Å². The summed E-state index contributed by atoms with van der Waals surface area (Å²) in [6, 6.07) is 4.58. The maximum Gasteiger partial charge on any atom is 0.303 e.